The lowest BCUT2D eigenvalue weighted by Crippen LogP contribution is -2.74. The molecule has 4 aliphatic rings. The van der Waals surface area contributed by atoms with Gasteiger partial charge in [0.2, 0.25) is 0 Å². The van der Waals surface area contributed by atoms with Crippen molar-refractivity contribution >= 4 is 17.9 Å². The zero-order valence-electron chi connectivity index (χ0n) is 19.4. The number of benzene rings is 1. The Morgan fingerprint density at radius 1 is 1.34 bits per heavy atom. The quantitative estimate of drug-likeness (QED) is 0.396. The average molecular weight is 488 g/mol. The number of carbonyl (C=O) groups is 3. The molecule has 5 rings (SSSR count). The standard InChI is InChI=1S/C24H28N2O9/c1-11(33-17(28)10-13(25)21(29)30)22(31)34-15-5-6-24(32)16-9-12-3-4-14(27)19-18(12)23(24,20(15)35-19)7-8-26(16)2/h3-5,11,13,16,20,27,32H,6-10,25H2,1-2H3,(H,29,30)/t11-,13-,16+,20-,23-,24+/m0/s1. The van der Waals surface area contributed by atoms with Gasteiger partial charge in [-0.05, 0) is 51.1 Å². The highest BCUT2D eigenvalue weighted by Gasteiger charge is 2.72. The van der Waals surface area contributed by atoms with E-state index in [1.54, 1.807) is 12.1 Å². The van der Waals surface area contributed by atoms with Crippen LogP contribution >= 0.6 is 0 Å². The first-order valence-corrected chi connectivity index (χ1v) is 11.5. The molecule has 11 nitrogen and oxygen atoms in total. The van der Waals surface area contributed by atoms with Crippen molar-refractivity contribution in [2.75, 3.05) is 13.6 Å². The summed E-state index contributed by atoms with van der Waals surface area (Å²) in [5.74, 6) is -2.76. The van der Waals surface area contributed by atoms with Gasteiger partial charge < -0.3 is 40.2 Å². The maximum Gasteiger partial charge on any atom is 0.352 e. The van der Waals surface area contributed by atoms with E-state index in [4.69, 9.17) is 25.1 Å². The summed E-state index contributed by atoms with van der Waals surface area (Å²) in [6.07, 6.45) is 0.179. The number of aromatic hydroxyl groups is 1. The van der Waals surface area contributed by atoms with Crippen LogP contribution in [0.2, 0.25) is 0 Å². The molecule has 0 amide bonds. The first kappa shape index (κ1) is 23.6. The van der Waals surface area contributed by atoms with Gasteiger partial charge in [-0.2, -0.15) is 0 Å². The number of carboxylic acids is 1. The van der Waals surface area contributed by atoms with E-state index >= 15 is 0 Å². The van der Waals surface area contributed by atoms with Gasteiger partial charge in [-0.3, -0.25) is 9.59 Å². The van der Waals surface area contributed by atoms with Crippen LogP contribution in [0.15, 0.2) is 24.0 Å². The molecular formula is C24H28N2O9. The van der Waals surface area contributed by atoms with E-state index in [0.717, 1.165) is 11.1 Å². The van der Waals surface area contributed by atoms with Gasteiger partial charge in [0.05, 0.1) is 17.4 Å². The number of piperidine rings is 1. The van der Waals surface area contributed by atoms with Crippen LogP contribution in [-0.2, 0) is 35.7 Å². The fraction of sp³-hybridized carbons (Fsp3) is 0.542. The number of hydrogen-bond acceptors (Lipinski definition) is 10. The predicted octanol–water partition coefficient (Wildman–Crippen LogP) is -0.0532. The normalized spacial score (nSPS) is 31.9. The molecular weight excluding hydrogens is 460 g/mol. The monoisotopic (exact) mass is 488 g/mol. The molecule has 2 heterocycles. The number of carboxylic acid groups (broad SMARTS) is 1. The van der Waals surface area contributed by atoms with Gasteiger partial charge in [0.15, 0.2) is 23.7 Å². The highest BCUT2D eigenvalue weighted by molar-refractivity contribution is 5.84. The molecule has 2 aliphatic carbocycles. The molecule has 11 heteroatoms. The number of rotatable bonds is 6. The highest BCUT2D eigenvalue weighted by atomic mass is 16.6. The van der Waals surface area contributed by atoms with E-state index < -0.39 is 53.6 Å². The van der Waals surface area contributed by atoms with Crippen LogP contribution in [0.4, 0.5) is 0 Å². The Balaban J connectivity index is 1.42. The second-order valence-electron chi connectivity index (χ2n) is 9.80. The largest absolute Gasteiger partial charge is 0.504 e. The molecule has 2 bridgehead atoms. The number of ether oxygens (including phenoxy) is 3. The van der Waals surface area contributed by atoms with E-state index in [0.29, 0.717) is 25.1 Å². The SMILES string of the molecule is C[C@H](OC(=O)C[C@H](N)C(=O)O)C(=O)OC1=CC[C@@]2(O)[C@H]3Cc4ccc(O)c5c4[C@@]2(CCN3C)[C@H]1O5. The third-order valence-corrected chi connectivity index (χ3v) is 7.92. The van der Waals surface area contributed by atoms with Gasteiger partial charge in [-0.15, -0.1) is 0 Å². The number of hydrogen-bond donors (Lipinski definition) is 4. The number of nitrogens with two attached hydrogens (primary N) is 1. The molecule has 1 spiro atoms. The molecule has 5 N–H and O–H groups in total. The first-order chi connectivity index (χ1) is 16.5. The molecule has 0 unspecified atom stereocenters. The van der Waals surface area contributed by atoms with Crippen LogP contribution in [-0.4, -0.2) is 81.6 Å². The molecule has 35 heavy (non-hydrogen) atoms. The van der Waals surface area contributed by atoms with Crippen molar-refractivity contribution in [2.24, 2.45) is 5.73 Å². The number of aliphatic hydroxyl groups is 1. The molecule has 1 aromatic rings. The Labute approximate surface area is 201 Å². The van der Waals surface area contributed by atoms with Gasteiger partial charge in [0, 0.05) is 18.0 Å². The summed E-state index contributed by atoms with van der Waals surface area (Å²) < 4.78 is 16.8. The topological polar surface area (TPSA) is 169 Å². The van der Waals surface area contributed by atoms with Crippen LogP contribution in [0.5, 0.6) is 11.5 Å². The predicted molar refractivity (Wildman–Crippen MR) is 118 cm³/mol. The minimum Gasteiger partial charge on any atom is -0.504 e. The number of phenols is 1. The third kappa shape index (κ3) is 3.25. The zero-order chi connectivity index (χ0) is 25.3. The van der Waals surface area contributed by atoms with Crippen molar-refractivity contribution in [3.63, 3.8) is 0 Å². The van der Waals surface area contributed by atoms with E-state index in [1.165, 1.54) is 6.92 Å². The van der Waals surface area contributed by atoms with Gasteiger partial charge in [0.1, 0.15) is 11.8 Å². The van der Waals surface area contributed by atoms with Crippen molar-refractivity contribution in [1.29, 1.82) is 0 Å². The Morgan fingerprint density at radius 2 is 2.09 bits per heavy atom. The van der Waals surface area contributed by atoms with Crippen LogP contribution in [0.3, 0.4) is 0 Å². The number of aliphatic carboxylic acids is 1. The zero-order valence-corrected chi connectivity index (χ0v) is 19.4. The fourth-order valence-electron chi connectivity index (χ4n) is 6.20. The number of likely N-dealkylation sites (tertiary alicyclic amines) is 1. The van der Waals surface area contributed by atoms with Crippen LogP contribution in [0, 0.1) is 0 Å². The lowest BCUT2D eigenvalue weighted by molar-refractivity contribution is -0.175. The summed E-state index contributed by atoms with van der Waals surface area (Å²) in [7, 11) is 1.97. The molecule has 0 saturated carbocycles. The fourth-order valence-corrected chi connectivity index (χ4v) is 6.20. The maximum absolute atomic E-state index is 12.8. The molecule has 6 atom stereocenters. The second-order valence-corrected chi connectivity index (χ2v) is 9.80. The lowest BCUT2D eigenvalue weighted by Gasteiger charge is -2.61. The number of nitrogens with zero attached hydrogens (tertiary/aromatic N) is 1. The van der Waals surface area contributed by atoms with Crippen molar-refractivity contribution in [3.8, 4) is 11.5 Å². The average Bonchev–Trinajstić information content (AvgIpc) is 3.15. The Morgan fingerprint density at radius 3 is 2.80 bits per heavy atom. The van der Waals surface area contributed by atoms with E-state index in [9.17, 15) is 24.6 Å². The minimum atomic E-state index is -1.44. The summed E-state index contributed by atoms with van der Waals surface area (Å²) in [4.78, 5) is 37.7. The molecule has 1 saturated heterocycles. The van der Waals surface area contributed by atoms with E-state index in [1.807, 2.05) is 13.1 Å². The number of likely N-dealkylation sites (N-methyl/N-ethyl adjacent to an activating group) is 1. The highest BCUT2D eigenvalue weighted by Crippen LogP contribution is 2.65. The molecule has 2 aliphatic heterocycles. The molecule has 0 radical (unpaired) electrons. The van der Waals surface area contributed by atoms with Gasteiger partial charge in [0.25, 0.3) is 0 Å². The summed E-state index contributed by atoms with van der Waals surface area (Å²) in [6.45, 7) is 1.99. The number of carbonyl (C=O) groups excluding carboxylic acids is 2. The second kappa shape index (κ2) is 7.94. The molecule has 1 fully saturated rings. The van der Waals surface area contributed by atoms with Crippen LogP contribution < -0.4 is 10.5 Å². The summed E-state index contributed by atoms with van der Waals surface area (Å²) in [5.41, 5.74) is 4.97. The van der Waals surface area contributed by atoms with E-state index in [2.05, 4.69) is 4.90 Å². The lowest BCUT2D eigenvalue weighted by atomic mass is 9.50. The molecule has 1 aromatic carbocycles. The summed E-state index contributed by atoms with van der Waals surface area (Å²) in [6, 6.07) is 1.79. The summed E-state index contributed by atoms with van der Waals surface area (Å²) in [5, 5.41) is 31.5. The summed E-state index contributed by atoms with van der Waals surface area (Å²) >= 11 is 0. The Bertz CT molecular complexity index is 1150. The van der Waals surface area contributed by atoms with Crippen molar-refractivity contribution in [1.82, 2.24) is 4.90 Å². The van der Waals surface area contributed by atoms with Crippen molar-refractivity contribution in [2.45, 2.75) is 67.9 Å². The van der Waals surface area contributed by atoms with Crippen molar-refractivity contribution in [3.05, 3.63) is 35.1 Å². The smallest absolute Gasteiger partial charge is 0.352 e. The van der Waals surface area contributed by atoms with Gasteiger partial charge >= 0.3 is 17.9 Å². The number of esters is 2. The van der Waals surface area contributed by atoms with E-state index in [-0.39, 0.29) is 24.0 Å². The molecule has 188 valence electrons. The maximum atomic E-state index is 12.8. The Kier molecular flexibility index (Phi) is 5.35. The van der Waals surface area contributed by atoms with Crippen LogP contribution in [0.25, 0.3) is 0 Å². The Hall–Kier alpha value is -3.15. The third-order valence-electron chi connectivity index (χ3n) is 7.92. The van der Waals surface area contributed by atoms with Gasteiger partial charge in [-0.1, -0.05) is 6.07 Å². The van der Waals surface area contributed by atoms with Crippen molar-refractivity contribution < 1.29 is 43.9 Å². The van der Waals surface area contributed by atoms with Gasteiger partial charge in [-0.25, -0.2) is 4.79 Å². The number of phenolic OH excluding ortho intramolecular Hbond substituents is 1. The van der Waals surface area contributed by atoms with Crippen LogP contribution in [0.1, 0.15) is 37.3 Å². The minimum absolute atomic E-state index is 0.0463. The first-order valence-electron chi connectivity index (χ1n) is 11.5. The molecule has 0 aromatic heterocycles.